The fourth-order valence-corrected chi connectivity index (χ4v) is 2.53. The summed E-state index contributed by atoms with van der Waals surface area (Å²) in [6.45, 7) is 6.07. The second kappa shape index (κ2) is 4.05. The number of hydrogen-bond donors (Lipinski definition) is 2. The first-order valence-electron chi connectivity index (χ1n) is 5.94. The summed E-state index contributed by atoms with van der Waals surface area (Å²) in [7, 11) is 1.85. The highest BCUT2D eigenvalue weighted by atomic mass is 16.4. The molecule has 2 rings (SSSR count). The van der Waals surface area contributed by atoms with Crippen LogP contribution >= 0.6 is 0 Å². The molecule has 2 heterocycles. The minimum absolute atomic E-state index is 0.193. The number of carboxylic acids is 1. The molecule has 17 heavy (non-hydrogen) atoms. The van der Waals surface area contributed by atoms with E-state index in [1.807, 2.05) is 14.0 Å². The molecule has 5 heteroatoms. The average Bonchev–Trinajstić information content (AvgIpc) is 2.53. The predicted octanol–water partition coefficient (Wildman–Crippen LogP) is 1.74. The van der Waals surface area contributed by atoms with Crippen LogP contribution in [0.4, 0.5) is 5.82 Å². The summed E-state index contributed by atoms with van der Waals surface area (Å²) in [6, 6.07) is 0.193. The minimum atomic E-state index is -0.755. The van der Waals surface area contributed by atoms with E-state index in [9.17, 15) is 9.90 Å². The van der Waals surface area contributed by atoms with Gasteiger partial charge < -0.3 is 10.4 Å². The van der Waals surface area contributed by atoms with Crippen LogP contribution in [0, 0.1) is 12.8 Å². The first-order chi connectivity index (χ1) is 7.91. The van der Waals surface area contributed by atoms with Crippen LogP contribution in [-0.2, 0) is 11.8 Å². The summed E-state index contributed by atoms with van der Waals surface area (Å²) in [5.74, 6) is 0.0712. The molecule has 0 amide bonds. The van der Waals surface area contributed by atoms with Crippen LogP contribution in [0.15, 0.2) is 0 Å². The van der Waals surface area contributed by atoms with Crippen molar-refractivity contribution in [3.05, 3.63) is 11.3 Å². The first-order valence-corrected chi connectivity index (χ1v) is 5.94. The van der Waals surface area contributed by atoms with E-state index in [1.165, 1.54) is 0 Å². The van der Waals surface area contributed by atoms with E-state index in [4.69, 9.17) is 0 Å². The number of aryl methyl sites for hydroxylation is 2. The van der Waals surface area contributed by atoms with Gasteiger partial charge in [0.25, 0.3) is 0 Å². The van der Waals surface area contributed by atoms with Crippen molar-refractivity contribution in [2.75, 3.05) is 5.32 Å². The topological polar surface area (TPSA) is 67.2 Å². The van der Waals surface area contributed by atoms with Crippen LogP contribution in [-0.4, -0.2) is 26.9 Å². The number of fused-ring (bicyclic) bond motifs is 1. The maximum Gasteiger partial charge on any atom is 0.311 e. The Bertz CT molecular complexity index is 451. The Morgan fingerprint density at radius 2 is 2.24 bits per heavy atom. The summed E-state index contributed by atoms with van der Waals surface area (Å²) in [4.78, 5) is 11.4. The van der Waals surface area contributed by atoms with Crippen molar-refractivity contribution < 1.29 is 9.90 Å². The molecule has 94 valence electrons. The number of nitrogens with one attached hydrogen (secondary N) is 1. The number of anilines is 1. The number of hydrogen-bond acceptors (Lipinski definition) is 3. The zero-order chi connectivity index (χ0) is 12.7. The zero-order valence-electron chi connectivity index (χ0n) is 10.7. The van der Waals surface area contributed by atoms with Crippen LogP contribution in [0.2, 0.25) is 0 Å². The van der Waals surface area contributed by atoms with Crippen LogP contribution in [0.25, 0.3) is 0 Å². The lowest BCUT2D eigenvalue weighted by atomic mass is 9.84. The lowest BCUT2D eigenvalue weighted by molar-refractivity contribution is -0.139. The molecule has 1 aromatic heterocycles. The highest BCUT2D eigenvalue weighted by molar-refractivity contribution is 5.80. The second-order valence-electron chi connectivity index (χ2n) is 5.09. The van der Waals surface area contributed by atoms with Crippen molar-refractivity contribution in [3.63, 3.8) is 0 Å². The molecule has 0 saturated carbocycles. The van der Waals surface area contributed by atoms with Gasteiger partial charge in [0.1, 0.15) is 5.82 Å². The van der Waals surface area contributed by atoms with Gasteiger partial charge in [-0.05, 0) is 19.3 Å². The van der Waals surface area contributed by atoms with Gasteiger partial charge in [-0.25, -0.2) is 0 Å². The number of nitrogens with zero attached hydrogens (tertiary/aromatic N) is 2. The Hall–Kier alpha value is -1.52. The molecule has 5 nitrogen and oxygen atoms in total. The maximum absolute atomic E-state index is 11.4. The van der Waals surface area contributed by atoms with Crippen LogP contribution < -0.4 is 5.32 Å². The second-order valence-corrected chi connectivity index (χ2v) is 5.09. The van der Waals surface area contributed by atoms with Gasteiger partial charge in [0.05, 0.1) is 11.6 Å². The predicted molar refractivity (Wildman–Crippen MR) is 65.2 cm³/mol. The SMILES string of the molecule is Cc1nn(C)c2c1[C@@H](C(=O)O)C[C@H](C(C)C)N2. The zero-order valence-corrected chi connectivity index (χ0v) is 10.7. The van der Waals surface area contributed by atoms with Gasteiger partial charge in [-0.2, -0.15) is 5.10 Å². The maximum atomic E-state index is 11.4. The van der Waals surface area contributed by atoms with Crippen LogP contribution in [0.3, 0.4) is 0 Å². The summed E-state index contributed by atoms with van der Waals surface area (Å²) in [6.07, 6.45) is 0.631. The van der Waals surface area contributed by atoms with E-state index in [2.05, 4.69) is 24.3 Å². The van der Waals surface area contributed by atoms with Gasteiger partial charge in [0, 0.05) is 18.7 Å². The molecule has 1 aliphatic heterocycles. The molecular formula is C12H19N3O2. The van der Waals surface area contributed by atoms with E-state index in [0.717, 1.165) is 17.1 Å². The largest absolute Gasteiger partial charge is 0.481 e. The van der Waals surface area contributed by atoms with E-state index >= 15 is 0 Å². The van der Waals surface area contributed by atoms with E-state index in [1.54, 1.807) is 4.68 Å². The van der Waals surface area contributed by atoms with Crippen molar-refractivity contribution in [2.45, 2.75) is 39.2 Å². The van der Waals surface area contributed by atoms with E-state index in [-0.39, 0.29) is 6.04 Å². The van der Waals surface area contributed by atoms with Crippen molar-refractivity contribution in [1.29, 1.82) is 0 Å². The van der Waals surface area contributed by atoms with Crippen molar-refractivity contribution in [3.8, 4) is 0 Å². The molecule has 0 aliphatic carbocycles. The summed E-state index contributed by atoms with van der Waals surface area (Å²) in [5.41, 5.74) is 1.65. The smallest absolute Gasteiger partial charge is 0.311 e. The Labute approximate surface area is 101 Å². The number of rotatable bonds is 2. The van der Waals surface area contributed by atoms with Gasteiger partial charge in [0.2, 0.25) is 0 Å². The number of carboxylic acid groups (broad SMARTS) is 1. The summed E-state index contributed by atoms with van der Waals surface area (Å²) < 4.78 is 1.75. The molecule has 0 radical (unpaired) electrons. The van der Waals surface area contributed by atoms with Crippen molar-refractivity contribution in [1.82, 2.24) is 9.78 Å². The highest BCUT2D eigenvalue weighted by Gasteiger charge is 2.36. The molecule has 1 aromatic rings. The third kappa shape index (κ3) is 1.90. The molecular weight excluding hydrogens is 218 g/mol. The quantitative estimate of drug-likeness (QED) is 0.822. The van der Waals surface area contributed by atoms with Crippen molar-refractivity contribution >= 4 is 11.8 Å². The molecule has 0 fully saturated rings. The minimum Gasteiger partial charge on any atom is -0.481 e. The Morgan fingerprint density at radius 3 is 2.76 bits per heavy atom. The molecule has 0 aromatic carbocycles. The Morgan fingerprint density at radius 1 is 1.59 bits per heavy atom. The van der Waals surface area contributed by atoms with Gasteiger partial charge in [-0.1, -0.05) is 13.8 Å². The van der Waals surface area contributed by atoms with Crippen LogP contribution in [0.1, 0.15) is 37.4 Å². The van der Waals surface area contributed by atoms with Gasteiger partial charge in [-0.3, -0.25) is 9.48 Å². The lowest BCUT2D eigenvalue weighted by Gasteiger charge is -2.32. The fraction of sp³-hybridized carbons (Fsp3) is 0.667. The number of aliphatic carboxylic acids is 1. The fourth-order valence-electron chi connectivity index (χ4n) is 2.53. The van der Waals surface area contributed by atoms with Gasteiger partial charge in [0.15, 0.2) is 0 Å². The van der Waals surface area contributed by atoms with Gasteiger partial charge in [-0.15, -0.1) is 0 Å². The van der Waals surface area contributed by atoms with Crippen molar-refractivity contribution in [2.24, 2.45) is 13.0 Å². The van der Waals surface area contributed by atoms with Crippen LogP contribution in [0.5, 0.6) is 0 Å². The average molecular weight is 237 g/mol. The highest BCUT2D eigenvalue weighted by Crippen LogP contribution is 2.38. The third-order valence-electron chi connectivity index (χ3n) is 3.53. The molecule has 0 unspecified atom stereocenters. The summed E-state index contributed by atoms with van der Waals surface area (Å²) in [5, 5.41) is 17.1. The lowest BCUT2D eigenvalue weighted by Crippen LogP contribution is -2.35. The Kier molecular flexibility index (Phi) is 2.85. The normalized spacial score (nSPS) is 23.4. The standard InChI is InChI=1S/C12H19N3O2/c1-6(2)9-5-8(12(16)17)10-7(3)14-15(4)11(10)13-9/h6,8-9,13H,5H2,1-4H3,(H,16,17)/t8-,9+/m0/s1. The number of carbonyl (C=O) groups is 1. The molecule has 0 saturated heterocycles. The van der Waals surface area contributed by atoms with E-state index in [0.29, 0.717) is 12.3 Å². The molecule has 0 bridgehead atoms. The molecule has 2 N–H and O–H groups in total. The molecule has 0 spiro atoms. The van der Waals surface area contributed by atoms with Gasteiger partial charge >= 0.3 is 5.97 Å². The van der Waals surface area contributed by atoms with E-state index < -0.39 is 11.9 Å². The molecule has 1 aliphatic rings. The molecule has 2 atom stereocenters. The number of aromatic nitrogens is 2. The third-order valence-corrected chi connectivity index (χ3v) is 3.53. The summed E-state index contributed by atoms with van der Waals surface area (Å²) >= 11 is 0. The monoisotopic (exact) mass is 237 g/mol. The Balaban J connectivity index is 2.47. The first kappa shape index (κ1) is 12.0.